The number of methoxy groups -OCH3 is 1. The molecule has 0 fully saturated rings. The van der Waals surface area contributed by atoms with Gasteiger partial charge in [-0.05, 0) is 18.2 Å². The second kappa shape index (κ2) is 8.57. The maximum atomic E-state index is 14.5. The second-order valence-corrected chi connectivity index (χ2v) is 7.10. The number of hydrogen-bond acceptors (Lipinski definition) is 6. The van der Waals surface area contributed by atoms with E-state index in [1.54, 1.807) is 51.5 Å². The Hall–Kier alpha value is -3.72. The zero-order valence-electron chi connectivity index (χ0n) is 17.3. The maximum Gasteiger partial charge on any atom is 0.253 e. The second-order valence-electron chi connectivity index (χ2n) is 7.10. The van der Waals surface area contributed by atoms with Crippen LogP contribution in [-0.2, 0) is 4.74 Å². The molecule has 0 unspecified atom stereocenters. The van der Waals surface area contributed by atoms with Gasteiger partial charge in [0.15, 0.2) is 17.3 Å². The third kappa shape index (κ3) is 4.13. The van der Waals surface area contributed by atoms with Crippen molar-refractivity contribution >= 4 is 16.8 Å². The smallest absolute Gasteiger partial charge is 0.253 e. The predicted molar refractivity (Wildman–Crippen MR) is 112 cm³/mol. The molecule has 0 atom stereocenters. The number of H-pyrrole nitrogens is 1. The van der Waals surface area contributed by atoms with Crippen LogP contribution in [0, 0.1) is 5.82 Å². The summed E-state index contributed by atoms with van der Waals surface area (Å²) in [4.78, 5) is 13.7. The fourth-order valence-corrected chi connectivity index (χ4v) is 3.14. The van der Waals surface area contributed by atoms with Gasteiger partial charge < -0.3 is 18.9 Å². The number of halogens is 1. The van der Waals surface area contributed by atoms with E-state index in [1.165, 1.54) is 11.0 Å². The summed E-state index contributed by atoms with van der Waals surface area (Å²) in [6.07, 6.45) is 0. The summed E-state index contributed by atoms with van der Waals surface area (Å²) in [7, 11) is 4.93. The predicted octanol–water partition coefficient (Wildman–Crippen LogP) is 3.75. The first kappa shape index (κ1) is 20.5. The summed E-state index contributed by atoms with van der Waals surface area (Å²) < 4.78 is 30.3. The number of benzene rings is 2. The lowest BCUT2D eigenvalue weighted by Gasteiger charge is -2.10. The van der Waals surface area contributed by atoms with Crippen LogP contribution in [0.2, 0.25) is 0 Å². The molecule has 4 aromatic rings. The Kier molecular flexibility index (Phi) is 5.68. The van der Waals surface area contributed by atoms with E-state index >= 15 is 0 Å². The van der Waals surface area contributed by atoms with Gasteiger partial charge in [-0.25, -0.2) is 4.39 Å². The zero-order valence-corrected chi connectivity index (χ0v) is 17.3. The molecule has 0 aliphatic heterocycles. The number of nitrogens with zero attached hydrogens (tertiary/aromatic N) is 3. The number of nitrogens with one attached hydrogen (secondary N) is 1. The van der Waals surface area contributed by atoms with Gasteiger partial charge in [-0.15, -0.1) is 0 Å². The Morgan fingerprint density at radius 3 is 2.81 bits per heavy atom. The number of hydrogen-bond donors (Lipinski definition) is 1. The summed E-state index contributed by atoms with van der Waals surface area (Å²) in [6.45, 7) is 0.592. The van der Waals surface area contributed by atoms with Gasteiger partial charge in [-0.3, -0.25) is 9.89 Å². The first-order chi connectivity index (χ1) is 15.0. The lowest BCUT2D eigenvalue weighted by molar-refractivity contribution is 0.0827. The largest absolute Gasteiger partial charge is 0.488 e. The standard InChI is InChI=1S/C22H21FN4O4/c1-27(2)22(28)14-6-4-5-13(9-14)17-11-20(31-26-17)21-15-10-16(23)19(30-8-7-29-3)12-18(15)24-25-21/h4-6,9-12H,7-8H2,1-3H3,(H,24,25). The van der Waals surface area contributed by atoms with E-state index < -0.39 is 5.82 Å². The lowest BCUT2D eigenvalue weighted by atomic mass is 10.1. The van der Waals surface area contributed by atoms with Crippen LogP contribution in [0.5, 0.6) is 5.75 Å². The minimum atomic E-state index is -0.513. The van der Waals surface area contributed by atoms with Crippen molar-refractivity contribution < 1.29 is 23.2 Å². The van der Waals surface area contributed by atoms with Crippen molar-refractivity contribution in [1.82, 2.24) is 20.3 Å². The zero-order chi connectivity index (χ0) is 22.0. The van der Waals surface area contributed by atoms with E-state index in [0.717, 1.165) is 5.56 Å². The molecule has 0 saturated heterocycles. The average Bonchev–Trinajstić information content (AvgIpc) is 3.40. The molecule has 1 amide bonds. The van der Waals surface area contributed by atoms with Crippen LogP contribution in [0.3, 0.4) is 0 Å². The number of aromatic amines is 1. The van der Waals surface area contributed by atoms with Gasteiger partial charge in [0.05, 0.1) is 12.1 Å². The summed E-state index contributed by atoms with van der Waals surface area (Å²) in [5, 5.41) is 11.8. The highest BCUT2D eigenvalue weighted by molar-refractivity contribution is 5.95. The molecular formula is C22H21FN4O4. The van der Waals surface area contributed by atoms with Gasteiger partial charge in [0, 0.05) is 49.9 Å². The summed E-state index contributed by atoms with van der Waals surface area (Å²) in [5.74, 6) is -0.137. The Bertz CT molecular complexity index is 1230. The molecule has 4 rings (SSSR count). The highest BCUT2D eigenvalue weighted by Crippen LogP contribution is 2.33. The number of aromatic nitrogens is 3. The summed E-state index contributed by atoms with van der Waals surface area (Å²) >= 11 is 0. The third-order valence-electron chi connectivity index (χ3n) is 4.72. The Balaban J connectivity index is 1.64. The number of carbonyl (C=O) groups excluding carboxylic acids is 1. The minimum Gasteiger partial charge on any atom is -0.488 e. The van der Waals surface area contributed by atoms with Crippen LogP contribution in [0.4, 0.5) is 4.39 Å². The molecule has 8 nitrogen and oxygen atoms in total. The van der Waals surface area contributed by atoms with Crippen LogP contribution < -0.4 is 4.74 Å². The van der Waals surface area contributed by atoms with E-state index in [-0.39, 0.29) is 18.3 Å². The van der Waals surface area contributed by atoms with E-state index in [9.17, 15) is 9.18 Å². The van der Waals surface area contributed by atoms with Gasteiger partial charge >= 0.3 is 0 Å². The molecule has 2 aromatic heterocycles. The Morgan fingerprint density at radius 1 is 1.19 bits per heavy atom. The molecule has 31 heavy (non-hydrogen) atoms. The van der Waals surface area contributed by atoms with Crippen LogP contribution in [-0.4, -0.2) is 60.6 Å². The summed E-state index contributed by atoms with van der Waals surface area (Å²) in [6, 6.07) is 11.7. The number of amides is 1. The average molecular weight is 424 g/mol. The molecule has 0 saturated carbocycles. The van der Waals surface area contributed by atoms with Crippen molar-refractivity contribution in [2.75, 3.05) is 34.4 Å². The Morgan fingerprint density at radius 2 is 2.03 bits per heavy atom. The third-order valence-corrected chi connectivity index (χ3v) is 4.72. The fraction of sp³-hybridized carbons (Fsp3) is 0.227. The van der Waals surface area contributed by atoms with Crippen LogP contribution in [0.15, 0.2) is 47.0 Å². The lowest BCUT2D eigenvalue weighted by Crippen LogP contribution is -2.21. The minimum absolute atomic E-state index is 0.108. The van der Waals surface area contributed by atoms with Crippen LogP contribution in [0.25, 0.3) is 33.6 Å². The van der Waals surface area contributed by atoms with Crippen molar-refractivity contribution in [3.63, 3.8) is 0 Å². The molecule has 0 radical (unpaired) electrons. The SMILES string of the molecule is COCCOc1cc2[nH]nc(-c3cc(-c4cccc(C(=O)N(C)C)c4)no3)c2cc1F. The van der Waals surface area contributed by atoms with Crippen molar-refractivity contribution in [1.29, 1.82) is 0 Å². The number of ether oxygens (including phenoxy) is 2. The highest BCUT2D eigenvalue weighted by Gasteiger charge is 2.18. The van der Waals surface area contributed by atoms with E-state index in [1.807, 2.05) is 6.07 Å². The molecule has 2 heterocycles. The quantitative estimate of drug-likeness (QED) is 0.454. The number of rotatable bonds is 7. The van der Waals surface area contributed by atoms with E-state index in [0.29, 0.717) is 40.2 Å². The fourth-order valence-electron chi connectivity index (χ4n) is 3.14. The van der Waals surface area contributed by atoms with Crippen molar-refractivity contribution in [3.05, 3.63) is 53.8 Å². The van der Waals surface area contributed by atoms with Gasteiger partial charge in [0.25, 0.3) is 5.91 Å². The molecule has 9 heteroatoms. The van der Waals surface area contributed by atoms with E-state index in [2.05, 4.69) is 15.4 Å². The molecule has 1 N–H and O–H groups in total. The molecule has 2 aromatic carbocycles. The number of fused-ring (bicyclic) bond motifs is 1. The highest BCUT2D eigenvalue weighted by atomic mass is 19.1. The first-order valence-corrected chi connectivity index (χ1v) is 9.56. The molecule has 0 aliphatic carbocycles. The summed E-state index contributed by atoms with van der Waals surface area (Å²) in [5.41, 5.74) is 2.83. The molecule has 0 bridgehead atoms. The topological polar surface area (TPSA) is 93.5 Å². The molecule has 0 aliphatic rings. The monoisotopic (exact) mass is 424 g/mol. The van der Waals surface area contributed by atoms with Gasteiger partial charge in [-0.1, -0.05) is 17.3 Å². The van der Waals surface area contributed by atoms with Crippen molar-refractivity contribution in [2.24, 2.45) is 0 Å². The van der Waals surface area contributed by atoms with Crippen molar-refractivity contribution in [2.45, 2.75) is 0 Å². The van der Waals surface area contributed by atoms with Crippen LogP contribution in [0.1, 0.15) is 10.4 Å². The normalized spacial score (nSPS) is 11.1. The molecular weight excluding hydrogens is 403 g/mol. The van der Waals surface area contributed by atoms with Crippen molar-refractivity contribution in [3.8, 4) is 28.5 Å². The number of carbonyl (C=O) groups is 1. The first-order valence-electron chi connectivity index (χ1n) is 9.56. The maximum absolute atomic E-state index is 14.5. The molecule has 160 valence electrons. The van der Waals surface area contributed by atoms with Gasteiger partial charge in [0.1, 0.15) is 18.0 Å². The molecule has 0 spiro atoms. The van der Waals surface area contributed by atoms with Gasteiger partial charge in [-0.2, -0.15) is 5.10 Å². The van der Waals surface area contributed by atoms with E-state index in [4.69, 9.17) is 14.0 Å². The van der Waals surface area contributed by atoms with Gasteiger partial charge in [0.2, 0.25) is 0 Å². The van der Waals surface area contributed by atoms with Crippen LogP contribution >= 0.6 is 0 Å². The Labute approximate surface area is 177 Å².